The molecule has 0 unspecified atom stereocenters. The number of carbonyl (C=O) groups is 1. The summed E-state index contributed by atoms with van der Waals surface area (Å²) in [4.78, 5) is 11.8. The van der Waals surface area contributed by atoms with Gasteiger partial charge < -0.3 is 16.1 Å². The summed E-state index contributed by atoms with van der Waals surface area (Å²) in [6.07, 6.45) is 8.85. The van der Waals surface area contributed by atoms with Crippen molar-refractivity contribution in [1.82, 2.24) is 10.3 Å². The van der Waals surface area contributed by atoms with Crippen molar-refractivity contribution >= 4 is 5.91 Å². The van der Waals surface area contributed by atoms with Crippen LogP contribution in [0.25, 0.3) is 0 Å². The molecule has 0 saturated heterocycles. The maximum atomic E-state index is 11.8. The number of amides is 1. The lowest BCUT2D eigenvalue weighted by Crippen LogP contribution is -2.39. The van der Waals surface area contributed by atoms with Gasteiger partial charge in [-0.1, -0.05) is 25.7 Å². The topological polar surface area (TPSA) is 84.4 Å². The summed E-state index contributed by atoms with van der Waals surface area (Å²) in [6, 6.07) is 0. The molecule has 0 bridgehead atoms. The molecule has 5 nitrogen and oxygen atoms in total. The Balaban J connectivity index is 2.36. The van der Waals surface area contributed by atoms with E-state index in [1.807, 2.05) is 0 Å². The first kappa shape index (κ1) is 13.8. The number of nitrogens with two attached hydrogens (primary N) is 2. The Labute approximate surface area is 103 Å². The highest BCUT2D eigenvalue weighted by Crippen LogP contribution is 2.22. The van der Waals surface area contributed by atoms with Crippen LogP contribution in [-0.4, -0.2) is 24.5 Å². The van der Waals surface area contributed by atoms with Crippen LogP contribution in [0.1, 0.15) is 38.5 Å². The minimum atomic E-state index is -0.193. The average molecular weight is 240 g/mol. The third-order valence-electron chi connectivity index (χ3n) is 3.30. The lowest BCUT2D eigenvalue weighted by Gasteiger charge is -2.18. The van der Waals surface area contributed by atoms with E-state index in [2.05, 4.69) is 5.32 Å². The molecule has 1 aliphatic rings. The monoisotopic (exact) mass is 240 g/mol. The molecular weight excluding hydrogens is 216 g/mol. The molecule has 1 amide bonds. The number of rotatable bonds is 4. The predicted octanol–water partition coefficient (Wildman–Crippen LogP) is 0.679. The van der Waals surface area contributed by atoms with Gasteiger partial charge in [0.25, 0.3) is 5.91 Å². The molecule has 1 saturated carbocycles. The lowest BCUT2D eigenvalue weighted by molar-refractivity contribution is -0.119. The quantitative estimate of drug-likeness (QED) is 0.292. The number of hydrogen-bond donors (Lipinski definition) is 3. The van der Waals surface area contributed by atoms with Gasteiger partial charge in [0.2, 0.25) is 0 Å². The van der Waals surface area contributed by atoms with E-state index >= 15 is 0 Å². The highest BCUT2D eigenvalue weighted by Gasteiger charge is 2.16. The highest BCUT2D eigenvalue weighted by molar-refractivity contribution is 5.92. The average Bonchev–Trinajstić information content (AvgIpc) is 2.55. The van der Waals surface area contributed by atoms with Crippen molar-refractivity contribution in [3.8, 4) is 0 Å². The molecule has 1 fully saturated rings. The van der Waals surface area contributed by atoms with Gasteiger partial charge in [0.1, 0.15) is 5.70 Å². The second-order valence-electron chi connectivity index (χ2n) is 4.73. The summed E-state index contributed by atoms with van der Waals surface area (Å²) in [5.41, 5.74) is 5.67. The molecule has 1 rings (SSSR count). The number of nitrogens with zero attached hydrogens (tertiary/aromatic N) is 1. The van der Waals surface area contributed by atoms with Crippen LogP contribution in [0.15, 0.2) is 11.9 Å². The summed E-state index contributed by atoms with van der Waals surface area (Å²) >= 11 is 0. The van der Waals surface area contributed by atoms with Crippen LogP contribution in [0.4, 0.5) is 0 Å². The first-order valence-electron chi connectivity index (χ1n) is 6.33. The number of hydrazine groups is 1. The fourth-order valence-electron chi connectivity index (χ4n) is 2.25. The molecule has 0 aromatic carbocycles. The van der Waals surface area contributed by atoms with Crippen LogP contribution >= 0.6 is 0 Å². The van der Waals surface area contributed by atoms with Crippen molar-refractivity contribution in [2.24, 2.45) is 17.5 Å². The second kappa shape index (κ2) is 7.17. The Hall–Kier alpha value is -1.23. The van der Waals surface area contributed by atoms with Crippen molar-refractivity contribution in [2.75, 3.05) is 13.6 Å². The van der Waals surface area contributed by atoms with Crippen LogP contribution in [0.2, 0.25) is 0 Å². The SMILES string of the molecule is CN(N)/C(=C\N)C(=O)NCC1CCCCCC1. The lowest BCUT2D eigenvalue weighted by atomic mass is 10.0. The Morgan fingerprint density at radius 3 is 2.41 bits per heavy atom. The fraction of sp³-hybridized carbons (Fsp3) is 0.750. The zero-order valence-electron chi connectivity index (χ0n) is 10.6. The number of nitrogens with one attached hydrogen (secondary N) is 1. The van der Waals surface area contributed by atoms with Gasteiger partial charge in [-0.15, -0.1) is 0 Å². The third-order valence-corrected chi connectivity index (χ3v) is 3.30. The van der Waals surface area contributed by atoms with Gasteiger partial charge in [-0.3, -0.25) is 4.79 Å². The first-order valence-corrected chi connectivity index (χ1v) is 6.33. The molecule has 0 spiro atoms. The van der Waals surface area contributed by atoms with Crippen molar-refractivity contribution < 1.29 is 4.79 Å². The van der Waals surface area contributed by atoms with E-state index in [-0.39, 0.29) is 5.91 Å². The van der Waals surface area contributed by atoms with Crippen LogP contribution < -0.4 is 16.9 Å². The molecule has 0 atom stereocenters. The summed E-state index contributed by atoms with van der Waals surface area (Å²) in [5, 5.41) is 4.14. The Kier molecular flexibility index (Phi) is 5.83. The Morgan fingerprint density at radius 2 is 1.94 bits per heavy atom. The van der Waals surface area contributed by atoms with Crippen molar-refractivity contribution in [1.29, 1.82) is 0 Å². The van der Waals surface area contributed by atoms with Crippen molar-refractivity contribution in [2.45, 2.75) is 38.5 Å². The summed E-state index contributed by atoms with van der Waals surface area (Å²) in [7, 11) is 1.60. The molecule has 1 aliphatic carbocycles. The van der Waals surface area contributed by atoms with Gasteiger partial charge in [-0.25, -0.2) is 5.84 Å². The van der Waals surface area contributed by atoms with Gasteiger partial charge in [0.15, 0.2) is 0 Å². The molecule has 0 radical (unpaired) electrons. The normalized spacial score (nSPS) is 18.6. The van der Waals surface area contributed by atoms with Crippen LogP contribution in [-0.2, 0) is 4.79 Å². The van der Waals surface area contributed by atoms with Gasteiger partial charge >= 0.3 is 0 Å². The van der Waals surface area contributed by atoms with E-state index in [1.54, 1.807) is 7.05 Å². The van der Waals surface area contributed by atoms with E-state index in [0.29, 0.717) is 11.6 Å². The van der Waals surface area contributed by atoms with Crippen LogP contribution in [0, 0.1) is 5.92 Å². The van der Waals surface area contributed by atoms with E-state index in [0.717, 1.165) is 6.54 Å². The smallest absolute Gasteiger partial charge is 0.270 e. The minimum Gasteiger partial charge on any atom is -0.403 e. The molecule has 0 aliphatic heterocycles. The molecule has 98 valence electrons. The fourth-order valence-corrected chi connectivity index (χ4v) is 2.25. The molecule has 5 heteroatoms. The number of carbonyl (C=O) groups excluding carboxylic acids is 1. The Morgan fingerprint density at radius 1 is 1.35 bits per heavy atom. The zero-order valence-corrected chi connectivity index (χ0v) is 10.6. The maximum Gasteiger partial charge on any atom is 0.270 e. The van der Waals surface area contributed by atoms with E-state index in [1.165, 1.54) is 49.7 Å². The van der Waals surface area contributed by atoms with E-state index in [9.17, 15) is 4.79 Å². The third kappa shape index (κ3) is 4.65. The number of hydrogen-bond acceptors (Lipinski definition) is 4. The summed E-state index contributed by atoms with van der Waals surface area (Å²) < 4.78 is 0. The Bertz CT molecular complexity index is 268. The first-order chi connectivity index (χ1) is 8.15. The van der Waals surface area contributed by atoms with Gasteiger partial charge in [0, 0.05) is 19.8 Å². The van der Waals surface area contributed by atoms with Gasteiger partial charge in [-0.05, 0) is 18.8 Å². The van der Waals surface area contributed by atoms with E-state index < -0.39 is 0 Å². The highest BCUT2D eigenvalue weighted by atomic mass is 16.2. The summed E-state index contributed by atoms with van der Waals surface area (Å²) in [5.74, 6) is 5.91. The van der Waals surface area contributed by atoms with Crippen molar-refractivity contribution in [3.05, 3.63) is 11.9 Å². The van der Waals surface area contributed by atoms with Gasteiger partial charge in [0.05, 0.1) is 0 Å². The van der Waals surface area contributed by atoms with Gasteiger partial charge in [-0.2, -0.15) is 0 Å². The predicted molar refractivity (Wildman–Crippen MR) is 68.4 cm³/mol. The molecule has 0 aromatic heterocycles. The molecule has 5 N–H and O–H groups in total. The molecule has 17 heavy (non-hydrogen) atoms. The molecule has 0 heterocycles. The van der Waals surface area contributed by atoms with Crippen LogP contribution in [0.5, 0.6) is 0 Å². The molecular formula is C12H24N4O. The molecule has 0 aromatic rings. The second-order valence-corrected chi connectivity index (χ2v) is 4.73. The zero-order chi connectivity index (χ0) is 12.7. The van der Waals surface area contributed by atoms with Crippen molar-refractivity contribution in [3.63, 3.8) is 0 Å². The standard InChI is InChI=1S/C12H24N4O/c1-16(14)11(8-13)12(17)15-9-10-6-4-2-3-5-7-10/h8,10H,2-7,9,13-14H2,1H3,(H,15,17)/b11-8-. The van der Waals surface area contributed by atoms with E-state index in [4.69, 9.17) is 11.6 Å². The number of likely N-dealkylation sites (N-methyl/N-ethyl adjacent to an activating group) is 1. The largest absolute Gasteiger partial charge is 0.403 e. The summed E-state index contributed by atoms with van der Waals surface area (Å²) in [6.45, 7) is 0.726. The minimum absolute atomic E-state index is 0.193. The van der Waals surface area contributed by atoms with Crippen LogP contribution in [0.3, 0.4) is 0 Å². The maximum absolute atomic E-state index is 11.8.